The number of halogens is 2. The summed E-state index contributed by atoms with van der Waals surface area (Å²) in [6.45, 7) is -0.278. The van der Waals surface area contributed by atoms with Crippen molar-refractivity contribution in [1.29, 1.82) is 0 Å². The van der Waals surface area contributed by atoms with Crippen molar-refractivity contribution in [1.82, 2.24) is 10.7 Å². The number of benzene rings is 2. The molecule has 0 unspecified atom stereocenters. The molecule has 0 heterocycles. The topological polar surface area (TPSA) is 118 Å². The number of hydrazone groups is 1. The van der Waals surface area contributed by atoms with E-state index in [1.165, 1.54) is 13.3 Å². The van der Waals surface area contributed by atoms with E-state index in [0.717, 1.165) is 12.8 Å². The quantitative estimate of drug-likeness (QED) is 0.279. The SMILES string of the molecule is COc1cc(/C=N\NC(=O)C(=O)NC2CC2)cc(Br)c1OCC(=O)Nc1ccccc1Cl. The Morgan fingerprint density at radius 1 is 1.22 bits per heavy atom. The van der Waals surface area contributed by atoms with E-state index in [1.54, 1.807) is 36.4 Å². The van der Waals surface area contributed by atoms with E-state index in [0.29, 0.717) is 32.2 Å². The van der Waals surface area contributed by atoms with Crippen LogP contribution in [0.1, 0.15) is 18.4 Å². The second-order valence-corrected chi connectivity index (χ2v) is 8.06. The van der Waals surface area contributed by atoms with Crippen LogP contribution in [0.2, 0.25) is 5.02 Å². The zero-order valence-electron chi connectivity index (χ0n) is 17.0. The van der Waals surface area contributed by atoms with Crippen molar-refractivity contribution in [2.45, 2.75) is 18.9 Å². The molecular weight excluding hydrogens is 504 g/mol. The minimum absolute atomic E-state index is 0.0803. The first-order valence-electron chi connectivity index (χ1n) is 9.56. The van der Waals surface area contributed by atoms with Gasteiger partial charge >= 0.3 is 11.8 Å². The third-order valence-electron chi connectivity index (χ3n) is 4.25. The third kappa shape index (κ3) is 6.69. The van der Waals surface area contributed by atoms with Crippen LogP contribution < -0.4 is 25.5 Å². The van der Waals surface area contributed by atoms with Crippen molar-refractivity contribution in [2.24, 2.45) is 5.10 Å². The molecule has 3 rings (SSSR count). The summed E-state index contributed by atoms with van der Waals surface area (Å²) in [5.41, 5.74) is 3.21. The van der Waals surface area contributed by atoms with Crippen LogP contribution in [0, 0.1) is 0 Å². The van der Waals surface area contributed by atoms with Crippen molar-refractivity contribution < 1.29 is 23.9 Å². The summed E-state index contributed by atoms with van der Waals surface area (Å²) in [6.07, 6.45) is 3.11. The van der Waals surface area contributed by atoms with Crippen molar-refractivity contribution in [3.8, 4) is 11.5 Å². The number of amides is 3. The van der Waals surface area contributed by atoms with Crippen molar-refractivity contribution in [3.05, 3.63) is 51.5 Å². The Balaban J connectivity index is 1.59. The Hall–Kier alpha value is -3.11. The molecule has 3 amide bonds. The molecule has 1 saturated carbocycles. The predicted molar refractivity (Wildman–Crippen MR) is 123 cm³/mol. The number of para-hydroxylation sites is 1. The monoisotopic (exact) mass is 522 g/mol. The summed E-state index contributed by atoms with van der Waals surface area (Å²) in [7, 11) is 1.45. The van der Waals surface area contributed by atoms with Crippen LogP contribution in [0.25, 0.3) is 0 Å². The molecule has 2 aromatic rings. The molecule has 0 saturated heterocycles. The van der Waals surface area contributed by atoms with Gasteiger partial charge in [-0.05, 0) is 58.6 Å². The highest BCUT2D eigenvalue weighted by Gasteiger charge is 2.26. The normalized spacial score (nSPS) is 12.8. The largest absolute Gasteiger partial charge is 0.493 e. The molecule has 1 aliphatic rings. The standard InChI is InChI=1S/C21H20BrClN4O5/c1-31-17-9-12(10-24-27-21(30)20(29)25-13-6-7-13)8-14(22)19(17)32-11-18(28)26-16-5-3-2-4-15(16)23/h2-5,8-10,13H,6-7,11H2,1H3,(H,25,29)(H,26,28)(H,27,30)/b24-10-. The van der Waals surface area contributed by atoms with Crippen LogP contribution in [-0.4, -0.2) is 43.7 Å². The van der Waals surface area contributed by atoms with Crippen LogP contribution in [0.5, 0.6) is 11.5 Å². The first-order chi connectivity index (χ1) is 15.4. The summed E-state index contributed by atoms with van der Waals surface area (Å²) in [4.78, 5) is 35.5. The molecule has 0 radical (unpaired) electrons. The van der Waals surface area contributed by atoms with Gasteiger partial charge in [0, 0.05) is 6.04 Å². The van der Waals surface area contributed by atoms with Crippen molar-refractivity contribution >= 4 is 57.2 Å². The van der Waals surface area contributed by atoms with Gasteiger partial charge in [0.1, 0.15) is 0 Å². The Morgan fingerprint density at radius 2 is 1.97 bits per heavy atom. The number of methoxy groups -OCH3 is 1. The van der Waals surface area contributed by atoms with Gasteiger partial charge in [0.15, 0.2) is 18.1 Å². The highest BCUT2D eigenvalue weighted by molar-refractivity contribution is 9.10. The molecule has 0 atom stereocenters. The molecule has 9 nitrogen and oxygen atoms in total. The predicted octanol–water partition coefficient (Wildman–Crippen LogP) is 2.86. The van der Waals surface area contributed by atoms with Crippen LogP contribution in [0.4, 0.5) is 5.69 Å². The maximum absolute atomic E-state index is 12.2. The number of nitrogens with zero attached hydrogens (tertiary/aromatic N) is 1. The zero-order valence-corrected chi connectivity index (χ0v) is 19.3. The van der Waals surface area contributed by atoms with E-state index in [2.05, 4.69) is 37.1 Å². The smallest absolute Gasteiger partial charge is 0.329 e. The molecule has 32 heavy (non-hydrogen) atoms. The summed E-state index contributed by atoms with van der Waals surface area (Å²) in [5, 5.41) is 9.44. The lowest BCUT2D eigenvalue weighted by molar-refractivity contribution is -0.139. The molecular formula is C21H20BrClN4O5. The van der Waals surface area contributed by atoms with E-state index in [1.807, 2.05) is 0 Å². The molecule has 1 fully saturated rings. The molecule has 2 aromatic carbocycles. The molecule has 3 N–H and O–H groups in total. The van der Waals surface area contributed by atoms with Crippen LogP contribution >= 0.6 is 27.5 Å². The van der Waals surface area contributed by atoms with E-state index in [-0.39, 0.29) is 12.6 Å². The second kappa shape index (κ2) is 11.0. The van der Waals surface area contributed by atoms with E-state index in [4.69, 9.17) is 21.1 Å². The molecule has 168 valence electrons. The molecule has 0 bridgehead atoms. The van der Waals surface area contributed by atoms with Gasteiger partial charge in [-0.15, -0.1) is 0 Å². The summed E-state index contributed by atoms with van der Waals surface area (Å²) in [6, 6.07) is 10.2. The Bertz CT molecular complexity index is 1060. The highest BCUT2D eigenvalue weighted by atomic mass is 79.9. The van der Waals surface area contributed by atoms with Crippen LogP contribution in [-0.2, 0) is 14.4 Å². The van der Waals surface area contributed by atoms with E-state index in [9.17, 15) is 14.4 Å². The number of carbonyl (C=O) groups excluding carboxylic acids is 3. The fraction of sp³-hybridized carbons (Fsp3) is 0.238. The first kappa shape index (κ1) is 23.6. The average Bonchev–Trinajstić information content (AvgIpc) is 3.58. The summed E-state index contributed by atoms with van der Waals surface area (Å²) >= 11 is 9.41. The lowest BCUT2D eigenvalue weighted by Crippen LogP contribution is -2.38. The summed E-state index contributed by atoms with van der Waals surface area (Å²) < 4.78 is 11.4. The number of nitrogens with one attached hydrogen (secondary N) is 3. The molecule has 0 spiro atoms. The Morgan fingerprint density at radius 3 is 2.66 bits per heavy atom. The van der Waals surface area contributed by atoms with Gasteiger partial charge in [-0.3, -0.25) is 14.4 Å². The average molecular weight is 524 g/mol. The van der Waals surface area contributed by atoms with Gasteiger partial charge in [-0.2, -0.15) is 5.10 Å². The lowest BCUT2D eigenvalue weighted by Gasteiger charge is -2.14. The number of carbonyl (C=O) groups is 3. The van der Waals surface area contributed by atoms with Crippen LogP contribution in [0.15, 0.2) is 46.0 Å². The zero-order chi connectivity index (χ0) is 23.1. The van der Waals surface area contributed by atoms with Gasteiger partial charge in [0.05, 0.1) is 28.5 Å². The Kier molecular flexibility index (Phi) is 8.07. The maximum atomic E-state index is 12.2. The van der Waals surface area contributed by atoms with Crippen molar-refractivity contribution in [2.75, 3.05) is 19.0 Å². The van der Waals surface area contributed by atoms with Gasteiger partial charge in [-0.1, -0.05) is 23.7 Å². The van der Waals surface area contributed by atoms with E-state index < -0.39 is 17.7 Å². The number of hydrogen-bond acceptors (Lipinski definition) is 6. The lowest BCUT2D eigenvalue weighted by atomic mass is 10.2. The minimum Gasteiger partial charge on any atom is -0.493 e. The third-order valence-corrected chi connectivity index (χ3v) is 5.16. The fourth-order valence-corrected chi connectivity index (χ4v) is 3.29. The minimum atomic E-state index is -0.844. The van der Waals surface area contributed by atoms with Gasteiger partial charge in [-0.25, -0.2) is 5.43 Å². The molecule has 1 aliphatic carbocycles. The number of anilines is 1. The Labute approximate surface area is 197 Å². The van der Waals surface area contributed by atoms with E-state index >= 15 is 0 Å². The number of ether oxygens (including phenoxy) is 2. The molecule has 11 heteroatoms. The summed E-state index contributed by atoms with van der Waals surface area (Å²) in [5.74, 6) is -1.31. The maximum Gasteiger partial charge on any atom is 0.329 e. The number of hydrogen-bond donors (Lipinski definition) is 3. The second-order valence-electron chi connectivity index (χ2n) is 6.80. The van der Waals surface area contributed by atoms with Crippen molar-refractivity contribution in [3.63, 3.8) is 0 Å². The van der Waals surface area contributed by atoms with Crippen LogP contribution in [0.3, 0.4) is 0 Å². The van der Waals surface area contributed by atoms with Gasteiger partial charge in [0.2, 0.25) is 0 Å². The van der Waals surface area contributed by atoms with Gasteiger partial charge in [0.25, 0.3) is 5.91 Å². The molecule has 0 aliphatic heterocycles. The molecule has 0 aromatic heterocycles. The fourth-order valence-electron chi connectivity index (χ4n) is 2.54. The highest BCUT2D eigenvalue weighted by Crippen LogP contribution is 2.36. The van der Waals surface area contributed by atoms with Gasteiger partial charge < -0.3 is 20.1 Å². The first-order valence-corrected chi connectivity index (χ1v) is 10.7. The number of rotatable bonds is 8.